The van der Waals surface area contributed by atoms with E-state index in [1.54, 1.807) is 0 Å². The molecule has 6 heteroatoms. The largest absolute Gasteiger partial charge is 0.411 e. The standard InChI is InChI=1S/C21H39N3O2S/c1-16-8-6-7-9-18(16)23-10-12-24(13-11-23)27-26-15-21(5)19(22-25)14-17(2)20(21,3)4/h16-18,25H,6-15H2,1-5H3/b22-19+. The molecule has 4 unspecified atom stereocenters. The summed E-state index contributed by atoms with van der Waals surface area (Å²) < 4.78 is 8.47. The molecule has 1 N–H and O–H groups in total. The van der Waals surface area contributed by atoms with Crippen molar-refractivity contribution >= 4 is 17.9 Å². The van der Waals surface area contributed by atoms with Crippen LogP contribution in [0.25, 0.3) is 0 Å². The summed E-state index contributed by atoms with van der Waals surface area (Å²) in [5.74, 6) is 1.33. The molecular formula is C21H39N3O2S. The van der Waals surface area contributed by atoms with Gasteiger partial charge in [-0.25, -0.2) is 4.31 Å². The fourth-order valence-electron chi connectivity index (χ4n) is 5.27. The number of piperazine rings is 1. The maximum Gasteiger partial charge on any atom is 0.0820 e. The molecule has 1 aliphatic heterocycles. The Morgan fingerprint density at radius 1 is 1.11 bits per heavy atom. The molecule has 3 fully saturated rings. The minimum Gasteiger partial charge on any atom is -0.411 e. The van der Waals surface area contributed by atoms with Crippen molar-refractivity contribution in [2.45, 2.75) is 72.8 Å². The van der Waals surface area contributed by atoms with Crippen LogP contribution in [0.1, 0.15) is 66.7 Å². The van der Waals surface area contributed by atoms with E-state index in [4.69, 9.17) is 4.18 Å². The Balaban J connectivity index is 1.46. The van der Waals surface area contributed by atoms with Gasteiger partial charge < -0.3 is 9.39 Å². The van der Waals surface area contributed by atoms with Crippen molar-refractivity contribution in [1.29, 1.82) is 0 Å². The monoisotopic (exact) mass is 397 g/mol. The van der Waals surface area contributed by atoms with Gasteiger partial charge in [-0.1, -0.05) is 52.6 Å². The van der Waals surface area contributed by atoms with Crippen molar-refractivity contribution in [1.82, 2.24) is 9.21 Å². The van der Waals surface area contributed by atoms with E-state index < -0.39 is 0 Å². The summed E-state index contributed by atoms with van der Waals surface area (Å²) in [5, 5.41) is 13.1. The third-order valence-electron chi connectivity index (χ3n) is 8.23. The van der Waals surface area contributed by atoms with E-state index in [1.807, 2.05) is 0 Å². The first kappa shape index (κ1) is 21.4. The van der Waals surface area contributed by atoms with E-state index in [2.05, 4.69) is 49.0 Å². The third kappa shape index (κ3) is 4.19. The van der Waals surface area contributed by atoms with Crippen LogP contribution in [-0.4, -0.2) is 59.0 Å². The number of oxime groups is 1. The Morgan fingerprint density at radius 2 is 1.78 bits per heavy atom. The fourth-order valence-corrected chi connectivity index (χ4v) is 6.02. The number of rotatable bonds is 5. The lowest BCUT2D eigenvalue weighted by molar-refractivity contribution is 0.0694. The van der Waals surface area contributed by atoms with Gasteiger partial charge in [0.05, 0.1) is 24.5 Å². The van der Waals surface area contributed by atoms with Crippen LogP contribution in [0, 0.1) is 22.7 Å². The van der Waals surface area contributed by atoms with Crippen molar-refractivity contribution in [3.63, 3.8) is 0 Å². The Morgan fingerprint density at radius 3 is 2.41 bits per heavy atom. The van der Waals surface area contributed by atoms with Crippen molar-refractivity contribution in [2.75, 3.05) is 32.8 Å². The quantitative estimate of drug-likeness (QED) is 0.316. The van der Waals surface area contributed by atoms with Crippen molar-refractivity contribution in [3.8, 4) is 0 Å². The molecule has 2 saturated carbocycles. The summed E-state index contributed by atoms with van der Waals surface area (Å²) in [6.07, 6.45) is 6.43. The van der Waals surface area contributed by atoms with E-state index in [9.17, 15) is 5.21 Å². The third-order valence-corrected chi connectivity index (χ3v) is 9.02. The molecule has 0 aromatic carbocycles. The molecule has 5 nitrogen and oxygen atoms in total. The molecular weight excluding hydrogens is 358 g/mol. The van der Waals surface area contributed by atoms with Crippen LogP contribution >= 0.6 is 12.2 Å². The first-order valence-corrected chi connectivity index (χ1v) is 11.5. The number of hydrogen-bond donors (Lipinski definition) is 1. The molecule has 2 aliphatic carbocycles. The molecule has 1 saturated heterocycles. The molecule has 0 aromatic rings. The normalized spacial score (nSPS) is 39.9. The second-order valence-corrected chi connectivity index (χ2v) is 10.7. The summed E-state index contributed by atoms with van der Waals surface area (Å²) >= 11 is 1.52. The highest BCUT2D eigenvalue weighted by Gasteiger charge is 2.54. The molecule has 0 radical (unpaired) electrons. The van der Waals surface area contributed by atoms with Gasteiger partial charge in [0.1, 0.15) is 0 Å². The van der Waals surface area contributed by atoms with Crippen LogP contribution in [-0.2, 0) is 4.18 Å². The van der Waals surface area contributed by atoms with Crippen molar-refractivity contribution in [2.24, 2.45) is 27.8 Å². The van der Waals surface area contributed by atoms with Gasteiger partial charge in [-0.3, -0.25) is 4.90 Å². The minimum absolute atomic E-state index is 0.0605. The average Bonchev–Trinajstić information content (AvgIpc) is 2.82. The lowest BCUT2D eigenvalue weighted by Gasteiger charge is -2.43. The zero-order valence-electron chi connectivity index (χ0n) is 17.9. The summed E-state index contributed by atoms with van der Waals surface area (Å²) in [7, 11) is 0. The summed E-state index contributed by atoms with van der Waals surface area (Å²) in [6, 6.07) is 0.787. The fraction of sp³-hybridized carbons (Fsp3) is 0.952. The van der Waals surface area contributed by atoms with Crippen LogP contribution in [0.3, 0.4) is 0 Å². The Hall–Kier alpha value is -0.300. The highest BCUT2D eigenvalue weighted by Crippen LogP contribution is 2.54. The molecule has 4 atom stereocenters. The van der Waals surface area contributed by atoms with Gasteiger partial charge in [-0.2, -0.15) is 0 Å². The van der Waals surface area contributed by atoms with Gasteiger partial charge in [-0.05, 0) is 36.5 Å². The average molecular weight is 398 g/mol. The van der Waals surface area contributed by atoms with Gasteiger partial charge in [0.2, 0.25) is 0 Å². The van der Waals surface area contributed by atoms with Gasteiger partial charge in [-0.15, -0.1) is 0 Å². The number of hydrogen-bond acceptors (Lipinski definition) is 6. The number of nitrogens with zero attached hydrogens (tertiary/aromatic N) is 3. The van der Waals surface area contributed by atoms with Crippen LogP contribution in [0.15, 0.2) is 5.16 Å². The van der Waals surface area contributed by atoms with Gasteiger partial charge in [0.25, 0.3) is 0 Å². The van der Waals surface area contributed by atoms with Gasteiger partial charge in [0, 0.05) is 37.6 Å². The predicted octanol–water partition coefficient (Wildman–Crippen LogP) is 4.67. The van der Waals surface area contributed by atoms with E-state index in [0.717, 1.165) is 50.3 Å². The minimum atomic E-state index is -0.215. The van der Waals surface area contributed by atoms with Crippen molar-refractivity contribution in [3.05, 3.63) is 0 Å². The lowest BCUT2D eigenvalue weighted by Crippen LogP contribution is -2.51. The lowest BCUT2D eigenvalue weighted by atomic mass is 9.66. The molecule has 3 aliphatic rings. The summed E-state index contributed by atoms with van der Waals surface area (Å²) in [4.78, 5) is 2.71. The molecule has 0 aromatic heterocycles. The Kier molecular flexibility index (Phi) is 6.82. The maximum absolute atomic E-state index is 9.48. The topological polar surface area (TPSA) is 48.3 Å². The summed E-state index contributed by atoms with van der Waals surface area (Å²) in [5.41, 5.74) is 0.732. The first-order valence-electron chi connectivity index (χ1n) is 10.8. The molecule has 0 spiro atoms. The van der Waals surface area contributed by atoms with E-state index >= 15 is 0 Å². The maximum atomic E-state index is 9.48. The van der Waals surface area contributed by atoms with E-state index in [0.29, 0.717) is 12.5 Å². The predicted molar refractivity (Wildman–Crippen MR) is 113 cm³/mol. The molecule has 156 valence electrons. The van der Waals surface area contributed by atoms with Crippen molar-refractivity contribution < 1.29 is 9.39 Å². The second kappa shape index (κ2) is 8.60. The first-order chi connectivity index (χ1) is 12.8. The highest BCUT2D eigenvalue weighted by molar-refractivity contribution is 7.92. The Labute approximate surface area is 170 Å². The molecule has 1 heterocycles. The van der Waals surface area contributed by atoms with Gasteiger partial charge in [0.15, 0.2) is 0 Å². The molecule has 0 bridgehead atoms. The van der Waals surface area contributed by atoms with Gasteiger partial charge >= 0.3 is 0 Å². The van der Waals surface area contributed by atoms with Crippen LogP contribution in [0.4, 0.5) is 0 Å². The molecule has 3 rings (SSSR count). The van der Waals surface area contributed by atoms with Crippen LogP contribution in [0.5, 0.6) is 0 Å². The highest BCUT2D eigenvalue weighted by atomic mass is 32.2. The molecule has 27 heavy (non-hydrogen) atoms. The zero-order valence-corrected chi connectivity index (χ0v) is 18.7. The van der Waals surface area contributed by atoms with Crippen LogP contribution in [0.2, 0.25) is 0 Å². The zero-order chi connectivity index (χ0) is 19.7. The SMILES string of the molecule is CC1CCCCC1N1CCN(SOCC2(C)/C(=N/O)CC(C)C2(C)C)CC1. The smallest absolute Gasteiger partial charge is 0.0820 e. The van der Waals surface area contributed by atoms with Crippen LogP contribution < -0.4 is 0 Å². The molecule has 0 amide bonds. The summed E-state index contributed by atoms with van der Waals surface area (Å²) in [6.45, 7) is 16.4. The van der Waals surface area contributed by atoms with E-state index in [1.165, 1.54) is 37.9 Å². The second-order valence-electron chi connectivity index (χ2n) is 9.84. The van der Waals surface area contributed by atoms with E-state index in [-0.39, 0.29) is 10.8 Å². The Bertz CT molecular complexity index is 534.